The zero-order valence-corrected chi connectivity index (χ0v) is 14.3. The van der Waals surface area contributed by atoms with Crippen LogP contribution in [0.25, 0.3) is 11.0 Å². The van der Waals surface area contributed by atoms with Gasteiger partial charge in [0.2, 0.25) is 10.0 Å². The number of aromatic amines is 2. The summed E-state index contributed by atoms with van der Waals surface area (Å²) in [6.07, 6.45) is 4.29. The molecule has 0 saturated heterocycles. The van der Waals surface area contributed by atoms with Gasteiger partial charge in [-0.05, 0) is 18.9 Å². The van der Waals surface area contributed by atoms with Gasteiger partial charge in [0.1, 0.15) is 10.5 Å². The van der Waals surface area contributed by atoms with Crippen LogP contribution < -0.4 is 21.7 Å². The number of hydrogen-bond acceptors (Lipinski definition) is 6. The molecule has 0 atom stereocenters. The predicted octanol–water partition coefficient (Wildman–Crippen LogP) is -0.417. The standard InChI is InChI=1S/C13H17N5O4S.ClH/c14-7-13(3-1-2-4-13)18-23(21,22)8-5-9-10(15-6-8)16-12(20)17-11(9)19;/h5-6,18H,1-4,7,14H2,(H2,15,16,17,19,20);1H. The molecule has 2 aromatic rings. The minimum atomic E-state index is -3.87. The SMILES string of the molecule is Cl.NCC1(NS(=O)(=O)c2cnc3[nH]c(=O)[nH]c(=O)c3c2)CCCC1. The molecule has 5 N–H and O–H groups in total. The van der Waals surface area contributed by atoms with Gasteiger partial charge in [0.25, 0.3) is 5.56 Å². The van der Waals surface area contributed by atoms with Crippen molar-refractivity contribution in [2.24, 2.45) is 5.73 Å². The molecule has 11 heteroatoms. The lowest BCUT2D eigenvalue weighted by Crippen LogP contribution is -2.51. The van der Waals surface area contributed by atoms with E-state index in [-0.39, 0.29) is 34.9 Å². The Kier molecular flexibility index (Phi) is 5.14. The number of aromatic nitrogens is 3. The molecule has 1 aliphatic rings. The summed E-state index contributed by atoms with van der Waals surface area (Å²) in [6, 6.07) is 1.19. The summed E-state index contributed by atoms with van der Waals surface area (Å²) in [5, 5.41) is 0.000644. The van der Waals surface area contributed by atoms with Crippen molar-refractivity contribution in [3.8, 4) is 0 Å². The number of H-pyrrole nitrogens is 2. The van der Waals surface area contributed by atoms with Crippen molar-refractivity contribution in [1.82, 2.24) is 19.7 Å². The summed E-state index contributed by atoms with van der Waals surface area (Å²) in [6.45, 7) is 0.209. The Morgan fingerprint density at radius 1 is 1.25 bits per heavy atom. The number of nitrogens with two attached hydrogens (primary N) is 1. The lowest BCUT2D eigenvalue weighted by atomic mass is 10.0. The molecule has 24 heavy (non-hydrogen) atoms. The van der Waals surface area contributed by atoms with Gasteiger partial charge in [-0.1, -0.05) is 12.8 Å². The van der Waals surface area contributed by atoms with Gasteiger partial charge in [0, 0.05) is 18.3 Å². The van der Waals surface area contributed by atoms with Gasteiger partial charge >= 0.3 is 5.69 Å². The number of nitrogens with one attached hydrogen (secondary N) is 3. The van der Waals surface area contributed by atoms with Crippen molar-refractivity contribution in [3.63, 3.8) is 0 Å². The third-order valence-electron chi connectivity index (χ3n) is 4.18. The summed E-state index contributed by atoms with van der Waals surface area (Å²) in [4.78, 5) is 31.1. The van der Waals surface area contributed by atoms with E-state index in [1.165, 1.54) is 6.07 Å². The first-order valence-corrected chi connectivity index (χ1v) is 8.70. The third kappa shape index (κ3) is 3.36. The van der Waals surface area contributed by atoms with Crippen molar-refractivity contribution in [3.05, 3.63) is 33.1 Å². The summed E-state index contributed by atoms with van der Waals surface area (Å²) in [7, 11) is -3.87. The van der Waals surface area contributed by atoms with Gasteiger partial charge in [-0.3, -0.25) is 14.8 Å². The fourth-order valence-electron chi connectivity index (χ4n) is 2.92. The lowest BCUT2D eigenvalue weighted by Gasteiger charge is -2.28. The van der Waals surface area contributed by atoms with E-state index in [1.54, 1.807) is 0 Å². The van der Waals surface area contributed by atoms with Crippen molar-refractivity contribution in [2.75, 3.05) is 6.54 Å². The zero-order chi connectivity index (χ0) is 16.7. The number of fused-ring (bicyclic) bond motifs is 1. The first kappa shape index (κ1) is 18.6. The van der Waals surface area contributed by atoms with Crippen LogP contribution in [0.15, 0.2) is 26.7 Å². The van der Waals surface area contributed by atoms with E-state index >= 15 is 0 Å². The van der Waals surface area contributed by atoms with Crippen molar-refractivity contribution in [1.29, 1.82) is 0 Å². The topological polar surface area (TPSA) is 151 Å². The molecular weight excluding hydrogens is 358 g/mol. The van der Waals surface area contributed by atoms with Crippen LogP contribution in [0.2, 0.25) is 0 Å². The molecule has 0 aromatic carbocycles. The molecule has 0 amide bonds. The van der Waals surface area contributed by atoms with E-state index in [0.717, 1.165) is 19.0 Å². The fourth-order valence-corrected chi connectivity index (χ4v) is 4.36. The van der Waals surface area contributed by atoms with E-state index in [1.807, 2.05) is 4.98 Å². The minimum absolute atomic E-state index is 0. The van der Waals surface area contributed by atoms with Crippen LogP contribution in [0.1, 0.15) is 25.7 Å². The summed E-state index contributed by atoms with van der Waals surface area (Å²) in [5.41, 5.74) is 3.75. The minimum Gasteiger partial charge on any atom is -0.329 e. The number of nitrogens with zero attached hydrogens (tertiary/aromatic N) is 1. The molecule has 2 heterocycles. The normalized spacial score (nSPS) is 16.9. The summed E-state index contributed by atoms with van der Waals surface area (Å²) in [5.74, 6) is 0. The van der Waals surface area contributed by atoms with E-state index < -0.39 is 26.8 Å². The quantitative estimate of drug-likeness (QED) is 0.570. The van der Waals surface area contributed by atoms with E-state index in [2.05, 4.69) is 14.7 Å². The Labute approximate surface area is 143 Å². The Hall–Kier alpha value is -1.75. The van der Waals surface area contributed by atoms with E-state index in [9.17, 15) is 18.0 Å². The van der Waals surface area contributed by atoms with E-state index in [0.29, 0.717) is 12.8 Å². The van der Waals surface area contributed by atoms with Gasteiger partial charge in [0.15, 0.2) is 0 Å². The second-order valence-corrected chi connectivity index (χ2v) is 7.45. The predicted molar refractivity (Wildman–Crippen MR) is 90.8 cm³/mol. The number of sulfonamides is 1. The molecule has 0 radical (unpaired) electrons. The summed E-state index contributed by atoms with van der Waals surface area (Å²) >= 11 is 0. The second kappa shape index (κ2) is 6.63. The highest BCUT2D eigenvalue weighted by molar-refractivity contribution is 7.89. The Morgan fingerprint density at radius 3 is 2.54 bits per heavy atom. The van der Waals surface area contributed by atoms with Crippen LogP contribution in [0.3, 0.4) is 0 Å². The average Bonchev–Trinajstić information content (AvgIpc) is 2.95. The van der Waals surface area contributed by atoms with Crippen LogP contribution >= 0.6 is 12.4 Å². The molecule has 0 bridgehead atoms. The molecular formula is C13H18ClN5O4S. The first-order valence-electron chi connectivity index (χ1n) is 7.22. The highest BCUT2D eigenvalue weighted by Gasteiger charge is 2.37. The first-order chi connectivity index (χ1) is 10.9. The van der Waals surface area contributed by atoms with Crippen molar-refractivity contribution in [2.45, 2.75) is 36.1 Å². The monoisotopic (exact) mass is 375 g/mol. The molecule has 1 fully saturated rings. The van der Waals surface area contributed by atoms with Gasteiger partial charge in [0.05, 0.1) is 5.39 Å². The number of rotatable bonds is 4. The maximum Gasteiger partial charge on any atom is 0.327 e. The van der Waals surface area contributed by atoms with Crippen LogP contribution in [-0.2, 0) is 10.0 Å². The highest BCUT2D eigenvalue weighted by atomic mass is 35.5. The molecule has 2 aromatic heterocycles. The van der Waals surface area contributed by atoms with Gasteiger partial charge in [-0.2, -0.15) is 0 Å². The number of hydrogen-bond donors (Lipinski definition) is 4. The molecule has 0 spiro atoms. The largest absolute Gasteiger partial charge is 0.329 e. The second-order valence-electron chi connectivity index (χ2n) is 5.77. The highest BCUT2D eigenvalue weighted by Crippen LogP contribution is 2.30. The van der Waals surface area contributed by atoms with Gasteiger partial charge in [-0.25, -0.2) is 22.9 Å². The molecule has 9 nitrogen and oxygen atoms in total. The van der Waals surface area contributed by atoms with Crippen LogP contribution in [0.5, 0.6) is 0 Å². The molecule has 3 rings (SSSR count). The maximum atomic E-state index is 12.6. The van der Waals surface area contributed by atoms with Crippen LogP contribution in [0.4, 0.5) is 0 Å². The molecule has 0 aliphatic heterocycles. The maximum absolute atomic E-state index is 12.6. The Morgan fingerprint density at radius 2 is 1.92 bits per heavy atom. The molecule has 1 aliphatic carbocycles. The molecule has 132 valence electrons. The fraction of sp³-hybridized carbons (Fsp3) is 0.462. The van der Waals surface area contributed by atoms with E-state index in [4.69, 9.17) is 5.73 Å². The third-order valence-corrected chi connectivity index (χ3v) is 5.72. The Balaban J connectivity index is 0.00000208. The molecule has 1 saturated carbocycles. The van der Waals surface area contributed by atoms with Crippen LogP contribution in [0, 0.1) is 0 Å². The van der Waals surface area contributed by atoms with Crippen molar-refractivity contribution >= 4 is 33.5 Å². The van der Waals surface area contributed by atoms with Crippen LogP contribution in [-0.4, -0.2) is 35.5 Å². The van der Waals surface area contributed by atoms with Crippen molar-refractivity contribution < 1.29 is 8.42 Å². The summed E-state index contributed by atoms with van der Waals surface area (Å²) < 4.78 is 27.8. The number of pyridine rings is 1. The zero-order valence-electron chi connectivity index (χ0n) is 12.7. The smallest absolute Gasteiger partial charge is 0.327 e. The van der Waals surface area contributed by atoms with Gasteiger partial charge < -0.3 is 5.73 Å². The lowest BCUT2D eigenvalue weighted by molar-refractivity contribution is 0.399. The Bertz CT molecular complexity index is 962. The molecule has 0 unspecified atom stereocenters. The number of halogens is 1. The average molecular weight is 376 g/mol. The van der Waals surface area contributed by atoms with Gasteiger partial charge in [-0.15, -0.1) is 12.4 Å².